The van der Waals surface area contributed by atoms with E-state index in [1.54, 1.807) is 6.20 Å². The molecule has 0 fully saturated rings. The van der Waals surface area contributed by atoms with Crippen LogP contribution < -0.4 is 10.2 Å². The Hall–Kier alpha value is -2.88. The second kappa shape index (κ2) is 12.1. The summed E-state index contributed by atoms with van der Waals surface area (Å²) in [6.45, 7) is 6.70. The van der Waals surface area contributed by atoms with E-state index in [1.165, 1.54) is 44.2 Å². The summed E-state index contributed by atoms with van der Waals surface area (Å²) in [7, 11) is 0. The monoisotopic (exact) mass is 417 g/mol. The van der Waals surface area contributed by atoms with Crippen LogP contribution in [0.25, 0.3) is 10.9 Å². The molecule has 0 aliphatic rings. The number of carbonyl (C=O) groups excluding carboxylic acids is 1. The predicted molar refractivity (Wildman–Crippen MR) is 132 cm³/mol. The van der Waals surface area contributed by atoms with Crippen LogP contribution in [0.4, 0.5) is 11.4 Å². The maximum Gasteiger partial charge on any atom is 0.228 e. The van der Waals surface area contributed by atoms with Crippen molar-refractivity contribution in [3.05, 3.63) is 66.4 Å². The Morgan fingerprint density at radius 1 is 0.903 bits per heavy atom. The smallest absolute Gasteiger partial charge is 0.228 e. The first kappa shape index (κ1) is 22.8. The molecule has 2 aromatic carbocycles. The standard InChI is InChI=1S/C27H35N3O/c1-3-5-9-17-30(18-10-6-4-2)25-15-13-22(14-16-25)19-27(31)29-24-20-23-11-7-8-12-26(23)28-21-24/h7-8,11-16,20-21H,3-6,9-10,17-19H2,1-2H3,(H,29,31). The lowest BCUT2D eigenvalue weighted by molar-refractivity contribution is -0.115. The molecule has 0 aliphatic carbocycles. The van der Waals surface area contributed by atoms with Gasteiger partial charge in [-0.25, -0.2) is 0 Å². The van der Waals surface area contributed by atoms with Crippen LogP contribution in [-0.2, 0) is 11.2 Å². The van der Waals surface area contributed by atoms with Crippen molar-refractivity contribution in [3.8, 4) is 0 Å². The molecule has 164 valence electrons. The lowest BCUT2D eigenvalue weighted by Gasteiger charge is -2.25. The number of aromatic nitrogens is 1. The van der Waals surface area contributed by atoms with Gasteiger partial charge in [-0.1, -0.05) is 69.9 Å². The third kappa shape index (κ3) is 7.09. The van der Waals surface area contributed by atoms with E-state index in [9.17, 15) is 4.79 Å². The average molecular weight is 418 g/mol. The third-order valence-corrected chi connectivity index (χ3v) is 5.60. The van der Waals surface area contributed by atoms with Gasteiger partial charge in [0.15, 0.2) is 0 Å². The largest absolute Gasteiger partial charge is 0.372 e. The second-order valence-electron chi connectivity index (χ2n) is 8.21. The van der Waals surface area contributed by atoms with Gasteiger partial charge in [0.2, 0.25) is 5.91 Å². The van der Waals surface area contributed by atoms with E-state index in [-0.39, 0.29) is 5.91 Å². The molecular formula is C27H35N3O. The third-order valence-electron chi connectivity index (χ3n) is 5.60. The maximum atomic E-state index is 12.5. The Kier molecular flexibility index (Phi) is 8.89. The van der Waals surface area contributed by atoms with Crippen molar-refractivity contribution >= 4 is 28.2 Å². The molecule has 0 atom stereocenters. The van der Waals surface area contributed by atoms with Crippen LogP contribution in [0, 0.1) is 0 Å². The maximum absolute atomic E-state index is 12.5. The zero-order valence-electron chi connectivity index (χ0n) is 18.9. The molecule has 0 aliphatic heterocycles. The van der Waals surface area contributed by atoms with Gasteiger partial charge in [0.25, 0.3) is 0 Å². The normalized spacial score (nSPS) is 10.9. The van der Waals surface area contributed by atoms with Gasteiger partial charge in [-0.05, 0) is 42.7 Å². The lowest BCUT2D eigenvalue weighted by Crippen LogP contribution is -2.25. The van der Waals surface area contributed by atoms with Crippen molar-refractivity contribution in [3.63, 3.8) is 0 Å². The fourth-order valence-corrected chi connectivity index (χ4v) is 3.83. The summed E-state index contributed by atoms with van der Waals surface area (Å²) in [6.07, 6.45) is 9.55. The first-order valence-corrected chi connectivity index (χ1v) is 11.7. The summed E-state index contributed by atoms with van der Waals surface area (Å²) in [6, 6.07) is 18.4. The minimum absolute atomic E-state index is 0.0208. The zero-order chi connectivity index (χ0) is 21.9. The number of rotatable bonds is 12. The van der Waals surface area contributed by atoms with Crippen molar-refractivity contribution in [2.75, 3.05) is 23.3 Å². The molecule has 0 saturated carbocycles. The Labute approximate surface area is 186 Å². The number of hydrogen-bond donors (Lipinski definition) is 1. The SMILES string of the molecule is CCCCCN(CCCCC)c1ccc(CC(=O)Nc2cnc3ccccc3c2)cc1. The fourth-order valence-electron chi connectivity index (χ4n) is 3.83. The highest BCUT2D eigenvalue weighted by Crippen LogP contribution is 2.19. The zero-order valence-corrected chi connectivity index (χ0v) is 18.9. The number of nitrogens with zero attached hydrogens (tertiary/aromatic N) is 2. The number of unbranched alkanes of at least 4 members (excludes halogenated alkanes) is 4. The van der Waals surface area contributed by atoms with Gasteiger partial charge in [-0.15, -0.1) is 0 Å². The highest BCUT2D eigenvalue weighted by atomic mass is 16.1. The van der Waals surface area contributed by atoms with Gasteiger partial charge in [0.1, 0.15) is 0 Å². The lowest BCUT2D eigenvalue weighted by atomic mass is 10.1. The van der Waals surface area contributed by atoms with E-state index in [0.717, 1.165) is 35.2 Å². The highest BCUT2D eigenvalue weighted by molar-refractivity contribution is 5.94. The highest BCUT2D eigenvalue weighted by Gasteiger charge is 2.09. The molecule has 4 heteroatoms. The van der Waals surface area contributed by atoms with E-state index < -0.39 is 0 Å². The van der Waals surface area contributed by atoms with E-state index in [1.807, 2.05) is 30.3 Å². The number of pyridine rings is 1. The van der Waals surface area contributed by atoms with Crippen LogP contribution in [0.15, 0.2) is 60.8 Å². The summed E-state index contributed by atoms with van der Waals surface area (Å²) in [5.74, 6) is -0.0208. The molecule has 1 N–H and O–H groups in total. The molecule has 0 bridgehead atoms. The molecule has 3 rings (SSSR count). The average Bonchev–Trinajstić information content (AvgIpc) is 2.79. The molecule has 0 saturated heterocycles. The summed E-state index contributed by atoms with van der Waals surface area (Å²) < 4.78 is 0. The van der Waals surface area contributed by atoms with Crippen molar-refractivity contribution < 1.29 is 4.79 Å². The quantitative estimate of drug-likeness (QED) is 0.338. The van der Waals surface area contributed by atoms with E-state index in [0.29, 0.717) is 6.42 Å². The minimum Gasteiger partial charge on any atom is -0.372 e. The Balaban J connectivity index is 1.58. The number of nitrogens with one attached hydrogen (secondary N) is 1. The van der Waals surface area contributed by atoms with Gasteiger partial charge in [0, 0.05) is 24.2 Å². The number of hydrogen-bond acceptors (Lipinski definition) is 3. The summed E-state index contributed by atoms with van der Waals surface area (Å²) in [4.78, 5) is 19.4. The van der Waals surface area contributed by atoms with Gasteiger partial charge in [-0.2, -0.15) is 0 Å². The molecule has 31 heavy (non-hydrogen) atoms. The van der Waals surface area contributed by atoms with E-state index >= 15 is 0 Å². The molecule has 0 unspecified atom stereocenters. The number of amides is 1. The Morgan fingerprint density at radius 3 is 2.26 bits per heavy atom. The van der Waals surface area contributed by atoms with Crippen molar-refractivity contribution in [2.24, 2.45) is 0 Å². The number of fused-ring (bicyclic) bond motifs is 1. The van der Waals surface area contributed by atoms with Gasteiger partial charge in [0.05, 0.1) is 23.8 Å². The van der Waals surface area contributed by atoms with Gasteiger partial charge < -0.3 is 10.2 Å². The van der Waals surface area contributed by atoms with E-state index in [2.05, 4.69) is 53.3 Å². The molecule has 3 aromatic rings. The minimum atomic E-state index is -0.0208. The molecule has 0 spiro atoms. The van der Waals surface area contributed by atoms with Crippen LogP contribution in [0.1, 0.15) is 57.9 Å². The van der Waals surface area contributed by atoms with Crippen LogP contribution >= 0.6 is 0 Å². The summed E-state index contributed by atoms with van der Waals surface area (Å²) in [5, 5.41) is 4.00. The van der Waals surface area contributed by atoms with Crippen molar-refractivity contribution in [1.82, 2.24) is 4.98 Å². The van der Waals surface area contributed by atoms with Crippen LogP contribution in [0.3, 0.4) is 0 Å². The number of para-hydroxylation sites is 1. The number of anilines is 2. The Bertz CT molecular complexity index is 942. The molecule has 1 amide bonds. The summed E-state index contributed by atoms with van der Waals surface area (Å²) >= 11 is 0. The Morgan fingerprint density at radius 2 is 1.58 bits per heavy atom. The molecular weight excluding hydrogens is 382 g/mol. The van der Waals surface area contributed by atoms with Gasteiger partial charge in [-0.3, -0.25) is 9.78 Å². The van der Waals surface area contributed by atoms with Crippen molar-refractivity contribution in [1.29, 1.82) is 0 Å². The first-order chi connectivity index (χ1) is 15.2. The van der Waals surface area contributed by atoms with E-state index in [4.69, 9.17) is 0 Å². The summed E-state index contributed by atoms with van der Waals surface area (Å²) in [5.41, 5.74) is 3.95. The molecule has 1 aromatic heterocycles. The molecule has 4 nitrogen and oxygen atoms in total. The van der Waals surface area contributed by atoms with Crippen LogP contribution in [-0.4, -0.2) is 24.0 Å². The number of carbonyl (C=O) groups is 1. The van der Waals surface area contributed by atoms with Crippen LogP contribution in [0.5, 0.6) is 0 Å². The molecule has 1 heterocycles. The second-order valence-corrected chi connectivity index (χ2v) is 8.21. The fraction of sp³-hybridized carbons (Fsp3) is 0.407. The van der Waals surface area contributed by atoms with Crippen molar-refractivity contribution in [2.45, 2.75) is 58.8 Å². The topological polar surface area (TPSA) is 45.2 Å². The number of benzene rings is 2. The first-order valence-electron chi connectivity index (χ1n) is 11.7. The predicted octanol–water partition coefficient (Wildman–Crippen LogP) is 6.60. The van der Waals surface area contributed by atoms with Crippen LogP contribution in [0.2, 0.25) is 0 Å². The van der Waals surface area contributed by atoms with Gasteiger partial charge >= 0.3 is 0 Å². The molecule has 0 radical (unpaired) electrons.